The molecule has 2 rings (SSSR count). The minimum absolute atomic E-state index is 0.129. The molecular formula is C13H7BrF2O2. The van der Waals surface area contributed by atoms with E-state index in [0.29, 0.717) is 0 Å². The number of carbonyl (C=O) groups is 1. The minimum atomic E-state index is -0.833. The first-order valence-corrected chi connectivity index (χ1v) is 5.79. The Balaban J connectivity index is 2.24. The topological polar surface area (TPSA) is 26.3 Å². The van der Waals surface area contributed by atoms with Crippen LogP contribution in [0, 0.1) is 11.6 Å². The predicted molar refractivity (Wildman–Crippen MR) is 65.5 cm³/mol. The molecule has 0 fully saturated rings. The van der Waals surface area contributed by atoms with Crippen molar-refractivity contribution in [3.8, 4) is 5.75 Å². The molecule has 0 spiro atoms. The predicted octanol–water partition coefficient (Wildman–Crippen LogP) is 3.95. The maximum absolute atomic E-state index is 13.3. The Hall–Kier alpha value is -1.75. The molecule has 5 heteroatoms. The van der Waals surface area contributed by atoms with Crippen LogP contribution in [0.3, 0.4) is 0 Å². The Labute approximate surface area is 110 Å². The molecule has 0 aliphatic rings. The van der Waals surface area contributed by atoms with Gasteiger partial charge < -0.3 is 4.74 Å². The van der Waals surface area contributed by atoms with Crippen molar-refractivity contribution in [1.29, 1.82) is 0 Å². The molecule has 0 saturated heterocycles. The molecule has 0 saturated carbocycles. The Bertz CT molecular complexity index is 599. The second-order valence-electron chi connectivity index (χ2n) is 3.44. The van der Waals surface area contributed by atoms with E-state index in [1.54, 1.807) is 0 Å². The molecule has 0 aliphatic heterocycles. The zero-order valence-electron chi connectivity index (χ0n) is 8.99. The van der Waals surface area contributed by atoms with E-state index < -0.39 is 17.6 Å². The van der Waals surface area contributed by atoms with Crippen molar-refractivity contribution >= 4 is 21.9 Å². The van der Waals surface area contributed by atoms with Gasteiger partial charge >= 0.3 is 5.97 Å². The van der Waals surface area contributed by atoms with Crippen LogP contribution in [-0.4, -0.2) is 5.97 Å². The van der Waals surface area contributed by atoms with Crippen LogP contribution in [0.2, 0.25) is 0 Å². The summed E-state index contributed by atoms with van der Waals surface area (Å²) in [6.07, 6.45) is 0. The molecule has 2 aromatic carbocycles. The van der Waals surface area contributed by atoms with Crippen molar-refractivity contribution in [2.75, 3.05) is 0 Å². The van der Waals surface area contributed by atoms with E-state index in [1.165, 1.54) is 24.3 Å². The van der Waals surface area contributed by atoms with E-state index in [2.05, 4.69) is 15.9 Å². The highest BCUT2D eigenvalue weighted by Gasteiger charge is 2.14. The van der Waals surface area contributed by atoms with Crippen molar-refractivity contribution in [1.82, 2.24) is 0 Å². The van der Waals surface area contributed by atoms with E-state index in [1.807, 2.05) is 0 Å². The number of hydrogen-bond acceptors (Lipinski definition) is 2. The lowest BCUT2D eigenvalue weighted by Crippen LogP contribution is -2.10. The molecule has 0 N–H and O–H groups in total. The third-order valence-electron chi connectivity index (χ3n) is 2.19. The first kappa shape index (κ1) is 12.7. The number of hydrogen-bond donors (Lipinski definition) is 0. The lowest BCUT2D eigenvalue weighted by molar-refractivity contribution is 0.0728. The second-order valence-corrected chi connectivity index (χ2v) is 4.30. The fourth-order valence-electron chi connectivity index (χ4n) is 1.34. The quantitative estimate of drug-likeness (QED) is 0.620. The van der Waals surface area contributed by atoms with E-state index in [-0.39, 0.29) is 15.8 Å². The molecule has 92 valence electrons. The normalized spacial score (nSPS) is 10.2. The average molecular weight is 313 g/mol. The molecule has 2 aromatic rings. The minimum Gasteiger partial charge on any atom is -0.422 e. The number of halogens is 3. The molecule has 2 nitrogen and oxygen atoms in total. The summed E-state index contributed by atoms with van der Waals surface area (Å²) >= 11 is 3.06. The molecular weight excluding hydrogens is 306 g/mol. The van der Waals surface area contributed by atoms with Gasteiger partial charge in [0.05, 0.1) is 10.0 Å². The summed E-state index contributed by atoms with van der Waals surface area (Å²) in [4.78, 5) is 11.7. The van der Waals surface area contributed by atoms with Gasteiger partial charge in [-0.15, -0.1) is 0 Å². The van der Waals surface area contributed by atoms with Crippen molar-refractivity contribution in [2.24, 2.45) is 0 Å². The standard InChI is InChI=1S/C13H7BrF2O2/c14-10-7-8(15)5-6-12(10)18-13(17)9-3-1-2-4-11(9)16/h1-7H. The lowest BCUT2D eigenvalue weighted by Gasteiger charge is -2.06. The van der Waals surface area contributed by atoms with Gasteiger partial charge in [-0.05, 0) is 46.3 Å². The fraction of sp³-hybridized carbons (Fsp3) is 0. The molecule has 0 atom stereocenters. The number of esters is 1. The zero-order valence-corrected chi connectivity index (χ0v) is 10.6. The monoisotopic (exact) mass is 312 g/mol. The van der Waals surface area contributed by atoms with Gasteiger partial charge in [0, 0.05) is 0 Å². The highest BCUT2D eigenvalue weighted by molar-refractivity contribution is 9.10. The van der Waals surface area contributed by atoms with Crippen molar-refractivity contribution in [2.45, 2.75) is 0 Å². The lowest BCUT2D eigenvalue weighted by atomic mass is 10.2. The van der Waals surface area contributed by atoms with Gasteiger partial charge in [-0.25, -0.2) is 13.6 Å². The van der Waals surface area contributed by atoms with Gasteiger partial charge in [-0.3, -0.25) is 0 Å². The van der Waals surface area contributed by atoms with Gasteiger partial charge in [0.2, 0.25) is 0 Å². The molecule has 0 unspecified atom stereocenters. The van der Waals surface area contributed by atoms with Gasteiger partial charge in [0.15, 0.2) is 0 Å². The SMILES string of the molecule is O=C(Oc1ccc(F)cc1Br)c1ccccc1F. The molecule has 0 bridgehead atoms. The highest BCUT2D eigenvalue weighted by Crippen LogP contribution is 2.26. The zero-order chi connectivity index (χ0) is 13.1. The first-order valence-electron chi connectivity index (χ1n) is 4.99. The molecule has 0 amide bonds. The maximum atomic E-state index is 13.3. The summed E-state index contributed by atoms with van der Waals surface area (Å²) in [7, 11) is 0. The van der Waals surface area contributed by atoms with Gasteiger partial charge in [-0.2, -0.15) is 0 Å². The van der Waals surface area contributed by atoms with Gasteiger partial charge in [0.1, 0.15) is 17.4 Å². The third-order valence-corrected chi connectivity index (χ3v) is 2.81. The van der Waals surface area contributed by atoms with Gasteiger partial charge in [0.25, 0.3) is 0 Å². The third kappa shape index (κ3) is 2.73. The Kier molecular flexibility index (Phi) is 3.72. The highest BCUT2D eigenvalue weighted by atomic mass is 79.9. The summed E-state index contributed by atoms with van der Waals surface area (Å²) in [6, 6.07) is 9.07. The molecule has 0 radical (unpaired) electrons. The van der Waals surface area contributed by atoms with Gasteiger partial charge in [-0.1, -0.05) is 12.1 Å². The summed E-state index contributed by atoms with van der Waals surface area (Å²) in [5.41, 5.74) is -0.172. The van der Waals surface area contributed by atoms with Crippen LogP contribution in [0.5, 0.6) is 5.75 Å². The van der Waals surface area contributed by atoms with E-state index in [4.69, 9.17) is 4.74 Å². The van der Waals surface area contributed by atoms with Crippen molar-refractivity contribution < 1.29 is 18.3 Å². The summed E-state index contributed by atoms with van der Waals surface area (Å²) in [5.74, 6) is -1.83. The number of ether oxygens (including phenoxy) is 1. The summed E-state index contributed by atoms with van der Waals surface area (Å²) in [6.45, 7) is 0. The second kappa shape index (κ2) is 5.27. The number of benzene rings is 2. The summed E-state index contributed by atoms with van der Waals surface area (Å²) in [5, 5.41) is 0. The smallest absolute Gasteiger partial charge is 0.346 e. The van der Waals surface area contributed by atoms with Crippen LogP contribution in [0.15, 0.2) is 46.9 Å². The number of rotatable bonds is 2. The van der Waals surface area contributed by atoms with Crippen LogP contribution in [0.4, 0.5) is 8.78 Å². The van der Waals surface area contributed by atoms with E-state index in [0.717, 1.165) is 18.2 Å². The van der Waals surface area contributed by atoms with E-state index >= 15 is 0 Å². The van der Waals surface area contributed by atoms with Crippen molar-refractivity contribution in [3.05, 3.63) is 64.1 Å². The molecule has 0 heterocycles. The van der Waals surface area contributed by atoms with Crippen LogP contribution < -0.4 is 4.74 Å². The molecule has 18 heavy (non-hydrogen) atoms. The Morgan fingerprint density at radius 1 is 1.11 bits per heavy atom. The Morgan fingerprint density at radius 3 is 2.50 bits per heavy atom. The van der Waals surface area contributed by atoms with Crippen LogP contribution in [0.1, 0.15) is 10.4 Å². The fourth-order valence-corrected chi connectivity index (χ4v) is 1.77. The Morgan fingerprint density at radius 2 is 1.83 bits per heavy atom. The number of carbonyl (C=O) groups excluding carboxylic acids is 1. The first-order chi connectivity index (χ1) is 8.58. The largest absolute Gasteiger partial charge is 0.422 e. The van der Waals surface area contributed by atoms with E-state index in [9.17, 15) is 13.6 Å². The van der Waals surface area contributed by atoms with Crippen LogP contribution in [-0.2, 0) is 0 Å². The van der Waals surface area contributed by atoms with Crippen LogP contribution in [0.25, 0.3) is 0 Å². The summed E-state index contributed by atoms with van der Waals surface area (Å²) < 4.78 is 31.4. The maximum Gasteiger partial charge on any atom is 0.346 e. The van der Waals surface area contributed by atoms with Crippen molar-refractivity contribution in [3.63, 3.8) is 0 Å². The average Bonchev–Trinajstić information content (AvgIpc) is 2.33. The van der Waals surface area contributed by atoms with Crippen LogP contribution >= 0.6 is 15.9 Å². The molecule has 0 aliphatic carbocycles. The molecule has 0 aromatic heterocycles.